The number of nitrogens with zero attached hydrogens (tertiary/aromatic N) is 2. The van der Waals surface area contributed by atoms with Crippen molar-refractivity contribution in [3.05, 3.63) is 29.3 Å². The fourth-order valence-corrected chi connectivity index (χ4v) is 2.47. The molecule has 1 aliphatic rings. The third kappa shape index (κ3) is 3.18. The molecule has 0 radical (unpaired) electrons. The lowest BCUT2D eigenvalue weighted by molar-refractivity contribution is -0.184. The molecule has 0 saturated heterocycles. The first kappa shape index (κ1) is 18.1. The molecule has 0 spiro atoms. The number of alkyl halides is 3. The average molecular weight is 343 g/mol. The first-order chi connectivity index (χ1) is 11.0. The number of carbonyl (C=O) groups is 2. The third-order valence-corrected chi connectivity index (χ3v) is 4.33. The van der Waals surface area contributed by atoms with Crippen LogP contribution in [0.2, 0.25) is 0 Å². The summed E-state index contributed by atoms with van der Waals surface area (Å²) >= 11 is 0. The number of hydrogen-bond donors (Lipinski definition) is 1. The summed E-state index contributed by atoms with van der Waals surface area (Å²) in [5, 5.41) is 2.48. The van der Waals surface area contributed by atoms with Gasteiger partial charge in [-0.25, -0.2) is 4.79 Å². The van der Waals surface area contributed by atoms with E-state index in [4.69, 9.17) is 0 Å². The minimum absolute atomic E-state index is 0.0987. The van der Waals surface area contributed by atoms with Crippen LogP contribution >= 0.6 is 0 Å². The van der Waals surface area contributed by atoms with E-state index in [0.717, 1.165) is 7.05 Å². The summed E-state index contributed by atoms with van der Waals surface area (Å²) in [6, 6.07) is 3.87. The van der Waals surface area contributed by atoms with E-state index in [0.29, 0.717) is 21.7 Å². The Kier molecular flexibility index (Phi) is 4.52. The molecule has 1 fully saturated rings. The van der Waals surface area contributed by atoms with Crippen LogP contribution in [0.1, 0.15) is 28.8 Å². The van der Waals surface area contributed by atoms with Gasteiger partial charge in [0.2, 0.25) is 0 Å². The van der Waals surface area contributed by atoms with Crippen molar-refractivity contribution in [2.24, 2.45) is 0 Å². The summed E-state index contributed by atoms with van der Waals surface area (Å²) in [5.74, 6) is -0.257. The van der Waals surface area contributed by atoms with E-state index >= 15 is 0 Å². The Hall–Kier alpha value is -2.25. The predicted molar refractivity (Wildman–Crippen MR) is 84.0 cm³/mol. The van der Waals surface area contributed by atoms with Crippen LogP contribution in [-0.4, -0.2) is 54.6 Å². The molecule has 132 valence electrons. The van der Waals surface area contributed by atoms with E-state index in [-0.39, 0.29) is 18.7 Å². The van der Waals surface area contributed by atoms with Crippen LogP contribution < -0.4 is 5.32 Å². The number of anilines is 1. The minimum Gasteiger partial charge on any atom is -0.345 e. The highest BCUT2D eigenvalue weighted by molar-refractivity contribution is 5.97. The lowest BCUT2D eigenvalue weighted by atomic mass is 10.1. The van der Waals surface area contributed by atoms with Gasteiger partial charge in [0.15, 0.2) is 0 Å². The van der Waals surface area contributed by atoms with E-state index in [1.54, 1.807) is 33.2 Å². The fraction of sp³-hybridized carbons (Fsp3) is 0.500. The highest BCUT2D eigenvalue weighted by atomic mass is 19.4. The Bertz CT molecular complexity index is 667. The van der Waals surface area contributed by atoms with Crippen LogP contribution in [0.5, 0.6) is 0 Å². The number of nitrogens with one attached hydrogen (secondary N) is 1. The van der Waals surface area contributed by atoms with Gasteiger partial charge in [0.1, 0.15) is 5.54 Å². The molecule has 3 amide bonds. The van der Waals surface area contributed by atoms with Gasteiger partial charge in [-0.2, -0.15) is 13.2 Å². The number of halogens is 3. The van der Waals surface area contributed by atoms with Gasteiger partial charge in [0.05, 0.1) is 0 Å². The van der Waals surface area contributed by atoms with Gasteiger partial charge in [-0.05, 0) is 37.5 Å². The number of carbonyl (C=O) groups excluding carboxylic acids is 2. The Labute approximate surface area is 138 Å². The van der Waals surface area contributed by atoms with Crippen molar-refractivity contribution in [3.8, 4) is 0 Å². The van der Waals surface area contributed by atoms with Gasteiger partial charge in [0.25, 0.3) is 5.91 Å². The predicted octanol–water partition coefficient (Wildman–Crippen LogP) is 3.26. The molecule has 0 atom stereocenters. The highest BCUT2D eigenvalue weighted by Gasteiger charge is 2.67. The summed E-state index contributed by atoms with van der Waals surface area (Å²) < 4.78 is 39.3. The minimum atomic E-state index is -4.46. The first-order valence-electron chi connectivity index (χ1n) is 7.43. The topological polar surface area (TPSA) is 52.7 Å². The maximum atomic E-state index is 13.1. The quantitative estimate of drug-likeness (QED) is 0.916. The molecule has 0 heterocycles. The molecule has 2 rings (SSSR count). The Morgan fingerprint density at radius 2 is 1.75 bits per heavy atom. The molecule has 0 aromatic heterocycles. The van der Waals surface area contributed by atoms with Crippen LogP contribution in [0.4, 0.5) is 23.7 Å². The molecular weight excluding hydrogens is 323 g/mol. The normalized spacial score (nSPS) is 15.6. The Morgan fingerprint density at radius 3 is 2.21 bits per heavy atom. The number of urea groups is 1. The van der Waals surface area contributed by atoms with Gasteiger partial charge in [-0.3, -0.25) is 4.79 Å². The number of amides is 3. The maximum absolute atomic E-state index is 13.1. The van der Waals surface area contributed by atoms with E-state index in [1.165, 1.54) is 11.0 Å². The molecule has 1 N–H and O–H groups in total. The summed E-state index contributed by atoms with van der Waals surface area (Å²) in [7, 11) is 4.32. The fourth-order valence-electron chi connectivity index (χ4n) is 2.47. The van der Waals surface area contributed by atoms with Crippen molar-refractivity contribution in [1.29, 1.82) is 0 Å². The van der Waals surface area contributed by atoms with Crippen LogP contribution in [0.15, 0.2) is 18.2 Å². The van der Waals surface area contributed by atoms with Crippen LogP contribution in [-0.2, 0) is 0 Å². The van der Waals surface area contributed by atoms with Crippen LogP contribution in [0, 0.1) is 6.92 Å². The smallest absolute Gasteiger partial charge is 0.345 e. The second-order valence-electron chi connectivity index (χ2n) is 6.25. The summed E-state index contributed by atoms with van der Waals surface area (Å²) in [5.41, 5.74) is -0.760. The Balaban J connectivity index is 2.20. The van der Waals surface area contributed by atoms with Crippen molar-refractivity contribution in [1.82, 2.24) is 9.80 Å². The highest BCUT2D eigenvalue weighted by Crippen LogP contribution is 2.53. The molecule has 1 aromatic carbocycles. The van der Waals surface area contributed by atoms with E-state index in [9.17, 15) is 22.8 Å². The first-order valence-corrected chi connectivity index (χ1v) is 7.43. The van der Waals surface area contributed by atoms with E-state index in [1.807, 2.05) is 0 Å². The zero-order valence-electron chi connectivity index (χ0n) is 14.0. The number of rotatable bonds is 3. The SMILES string of the molecule is Cc1ccc(C(=O)N(C)C)cc1NC(=O)N(C)C1(C(F)(F)F)CC1. The lowest BCUT2D eigenvalue weighted by Crippen LogP contribution is -2.50. The standard InChI is InChI=1S/C16H20F3N3O2/c1-10-5-6-11(13(23)21(2)3)9-12(10)20-14(24)22(4)15(7-8-15)16(17,18)19/h5-6,9H,7-8H2,1-4H3,(H,20,24). The molecule has 1 aromatic rings. The monoisotopic (exact) mass is 343 g/mol. The zero-order chi connectivity index (χ0) is 18.3. The number of hydrogen-bond acceptors (Lipinski definition) is 2. The molecule has 8 heteroatoms. The van der Waals surface area contributed by atoms with Crippen molar-refractivity contribution in [2.45, 2.75) is 31.5 Å². The summed E-state index contributed by atoms with van der Waals surface area (Å²) in [6.45, 7) is 1.70. The van der Waals surface area contributed by atoms with E-state index in [2.05, 4.69) is 5.32 Å². The lowest BCUT2D eigenvalue weighted by Gasteiger charge is -2.30. The summed E-state index contributed by atoms with van der Waals surface area (Å²) in [6.07, 6.45) is -4.66. The van der Waals surface area contributed by atoms with Gasteiger partial charge in [-0.15, -0.1) is 0 Å². The van der Waals surface area contributed by atoms with Gasteiger partial charge >= 0.3 is 12.2 Å². The van der Waals surface area contributed by atoms with Crippen molar-refractivity contribution in [3.63, 3.8) is 0 Å². The molecule has 0 unspecified atom stereocenters. The van der Waals surface area contributed by atoms with Crippen LogP contribution in [0.25, 0.3) is 0 Å². The van der Waals surface area contributed by atoms with Gasteiger partial charge in [0, 0.05) is 32.4 Å². The third-order valence-electron chi connectivity index (χ3n) is 4.33. The molecule has 0 aliphatic heterocycles. The molecule has 5 nitrogen and oxygen atoms in total. The van der Waals surface area contributed by atoms with Gasteiger partial charge < -0.3 is 15.1 Å². The number of benzene rings is 1. The van der Waals surface area contributed by atoms with Crippen molar-refractivity contribution in [2.75, 3.05) is 26.5 Å². The van der Waals surface area contributed by atoms with Crippen molar-refractivity contribution < 1.29 is 22.8 Å². The Morgan fingerprint density at radius 1 is 1.17 bits per heavy atom. The second-order valence-corrected chi connectivity index (χ2v) is 6.25. The summed E-state index contributed by atoms with van der Waals surface area (Å²) in [4.78, 5) is 26.3. The van der Waals surface area contributed by atoms with E-state index < -0.39 is 17.7 Å². The van der Waals surface area contributed by atoms with Crippen LogP contribution in [0.3, 0.4) is 0 Å². The number of aryl methyl sites for hydroxylation is 1. The molecule has 24 heavy (non-hydrogen) atoms. The van der Waals surface area contributed by atoms with Gasteiger partial charge in [-0.1, -0.05) is 6.07 Å². The molecule has 0 bridgehead atoms. The molecular formula is C16H20F3N3O2. The molecule has 1 saturated carbocycles. The second kappa shape index (κ2) is 5.99. The average Bonchev–Trinajstić information content (AvgIpc) is 3.29. The molecule has 1 aliphatic carbocycles. The maximum Gasteiger partial charge on any atom is 0.411 e. The zero-order valence-corrected chi connectivity index (χ0v) is 14.0. The van der Waals surface area contributed by atoms with Crippen molar-refractivity contribution >= 4 is 17.6 Å². The largest absolute Gasteiger partial charge is 0.411 e.